The number of hydrogen-bond donors (Lipinski definition) is 2. The van der Waals surface area contributed by atoms with Gasteiger partial charge in [0.05, 0.1) is 20.8 Å². The third-order valence-electron chi connectivity index (χ3n) is 3.38. The summed E-state index contributed by atoms with van der Waals surface area (Å²) in [6.07, 6.45) is 0.840. The summed E-state index contributed by atoms with van der Waals surface area (Å²) in [6, 6.07) is 15.2. The molecule has 2 rings (SSSR count). The number of anilines is 1. The van der Waals surface area contributed by atoms with Crippen molar-refractivity contribution >= 4 is 11.6 Å². The minimum absolute atomic E-state index is 0.0687. The zero-order chi connectivity index (χ0) is 16.5. The summed E-state index contributed by atoms with van der Waals surface area (Å²) in [7, 11) is 3.26. The van der Waals surface area contributed by atoms with E-state index in [1.165, 1.54) is 5.56 Å². The topological polar surface area (TPSA) is 59.6 Å². The maximum atomic E-state index is 11.9. The van der Waals surface area contributed by atoms with Gasteiger partial charge in [0.15, 0.2) is 0 Å². The fourth-order valence-corrected chi connectivity index (χ4v) is 2.14. The van der Waals surface area contributed by atoms with Gasteiger partial charge in [-0.1, -0.05) is 12.1 Å². The lowest BCUT2D eigenvalue weighted by atomic mass is 10.1. The van der Waals surface area contributed by atoms with Crippen molar-refractivity contribution in [1.82, 2.24) is 5.32 Å². The van der Waals surface area contributed by atoms with E-state index >= 15 is 0 Å². The van der Waals surface area contributed by atoms with E-state index in [9.17, 15) is 4.79 Å². The molecule has 0 unspecified atom stereocenters. The maximum absolute atomic E-state index is 11.9. The first-order valence-corrected chi connectivity index (χ1v) is 7.49. The molecule has 5 heteroatoms. The van der Waals surface area contributed by atoms with Crippen LogP contribution >= 0.6 is 0 Å². The maximum Gasteiger partial charge on any atom is 0.238 e. The average Bonchev–Trinajstić information content (AvgIpc) is 2.59. The van der Waals surface area contributed by atoms with Crippen LogP contribution in [0.5, 0.6) is 11.5 Å². The number of ether oxygens (including phenoxy) is 2. The number of amides is 1. The molecule has 0 aliphatic rings. The summed E-state index contributed by atoms with van der Waals surface area (Å²) in [6.45, 7) is 0.999. The average molecular weight is 314 g/mol. The molecule has 1 amide bonds. The van der Waals surface area contributed by atoms with Gasteiger partial charge in [0.2, 0.25) is 5.91 Å². The van der Waals surface area contributed by atoms with Gasteiger partial charge < -0.3 is 20.1 Å². The van der Waals surface area contributed by atoms with Crippen molar-refractivity contribution in [2.24, 2.45) is 0 Å². The molecule has 0 atom stereocenters. The molecule has 122 valence electrons. The highest BCUT2D eigenvalue weighted by Crippen LogP contribution is 2.15. The van der Waals surface area contributed by atoms with Crippen molar-refractivity contribution in [3.05, 3.63) is 54.1 Å². The predicted octanol–water partition coefficient (Wildman–Crippen LogP) is 2.47. The Morgan fingerprint density at radius 1 is 1.00 bits per heavy atom. The van der Waals surface area contributed by atoms with Crippen LogP contribution in [0.4, 0.5) is 5.69 Å². The second-order valence-electron chi connectivity index (χ2n) is 5.05. The highest BCUT2D eigenvalue weighted by molar-refractivity contribution is 5.92. The molecule has 0 radical (unpaired) electrons. The lowest BCUT2D eigenvalue weighted by Crippen LogP contribution is -2.29. The number of benzene rings is 2. The standard InChI is InChI=1S/C18H22N2O3/c1-22-16-8-6-15(7-9-16)20-18(21)13-19-11-10-14-4-3-5-17(12-14)23-2/h3-9,12,19H,10-11,13H2,1-2H3,(H,20,21). The van der Waals surface area contributed by atoms with E-state index in [-0.39, 0.29) is 12.5 Å². The Morgan fingerprint density at radius 3 is 2.43 bits per heavy atom. The Balaban J connectivity index is 1.69. The van der Waals surface area contributed by atoms with Crippen molar-refractivity contribution in [2.75, 3.05) is 32.6 Å². The van der Waals surface area contributed by atoms with E-state index in [1.807, 2.05) is 48.5 Å². The molecule has 0 aliphatic heterocycles. The van der Waals surface area contributed by atoms with Gasteiger partial charge in [0.1, 0.15) is 11.5 Å². The van der Waals surface area contributed by atoms with Gasteiger partial charge in [-0.3, -0.25) is 4.79 Å². The molecule has 23 heavy (non-hydrogen) atoms. The quantitative estimate of drug-likeness (QED) is 0.735. The zero-order valence-corrected chi connectivity index (χ0v) is 13.5. The highest BCUT2D eigenvalue weighted by Gasteiger charge is 2.02. The van der Waals surface area contributed by atoms with Gasteiger partial charge in [-0.2, -0.15) is 0 Å². The Kier molecular flexibility index (Phi) is 6.44. The number of methoxy groups -OCH3 is 2. The number of rotatable bonds is 8. The molecule has 0 fully saturated rings. The Labute approximate surface area is 136 Å². The third kappa shape index (κ3) is 5.64. The molecular formula is C18H22N2O3. The summed E-state index contributed by atoms with van der Waals surface area (Å²) in [4.78, 5) is 11.9. The second-order valence-corrected chi connectivity index (χ2v) is 5.05. The summed E-state index contributed by atoms with van der Waals surface area (Å²) < 4.78 is 10.3. The minimum atomic E-state index is -0.0687. The molecule has 0 saturated carbocycles. The zero-order valence-electron chi connectivity index (χ0n) is 13.5. The summed E-state index contributed by atoms with van der Waals surface area (Å²) >= 11 is 0. The van der Waals surface area contributed by atoms with E-state index < -0.39 is 0 Å². The number of nitrogens with one attached hydrogen (secondary N) is 2. The van der Waals surface area contributed by atoms with Crippen LogP contribution in [0.1, 0.15) is 5.56 Å². The van der Waals surface area contributed by atoms with Crippen molar-refractivity contribution in [3.8, 4) is 11.5 Å². The minimum Gasteiger partial charge on any atom is -0.497 e. The lowest BCUT2D eigenvalue weighted by Gasteiger charge is -2.08. The number of carbonyl (C=O) groups excluding carboxylic acids is 1. The van der Waals surface area contributed by atoms with Crippen LogP contribution in [0, 0.1) is 0 Å². The van der Waals surface area contributed by atoms with Crippen LogP contribution < -0.4 is 20.1 Å². The number of carbonyl (C=O) groups is 1. The van der Waals surface area contributed by atoms with Crippen LogP contribution in [-0.2, 0) is 11.2 Å². The Hall–Kier alpha value is -2.53. The van der Waals surface area contributed by atoms with Crippen LogP contribution in [0.3, 0.4) is 0 Å². The molecule has 2 N–H and O–H groups in total. The van der Waals surface area contributed by atoms with Crippen molar-refractivity contribution in [1.29, 1.82) is 0 Å². The van der Waals surface area contributed by atoms with Gasteiger partial charge >= 0.3 is 0 Å². The summed E-state index contributed by atoms with van der Waals surface area (Å²) in [5, 5.41) is 5.97. The van der Waals surface area contributed by atoms with E-state index in [0.717, 1.165) is 30.2 Å². The Morgan fingerprint density at radius 2 is 1.74 bits per heavy atom. The largest absolute Gasteiger partial charge is 0.497 e. The first kappa shape index (κ1) is 16.8. The van der Waals surface area contributed by atoms with E-state index in [1.54, 1.807) is 14.2 Å². The first-order chi connectivity index (χ1) is 11.2. The monoisotopic (exact) mass is 314 g/mol. The van der Waals surface area contributed by atoms with Crippen LogP contribution in [-0.4, -0.2) is 33.2 Å². The summed E-state index contributed by atoms with van der Waals surface area (Å²) in [5.74, 6) is 1.54. The molecule has 0 saturated heterocycles. The van der Waals surface area contributed by atoms with Crippen LogP contribution in [0.15, 0.2) is 48.5 Å². The van der Waals surface area contributed by atoms with Crippen molar-refractivity contribution < 1.29 is 14.3 Å². The Bertz CT molecular complexity index is 626. The van der Waals surface area contributed by atoms with Crippen molar-refractivity contribution in [3.63, 3.8) is 0 Å². The van der Waals surface area contributed by atoms with E-state index in [2.05, 4.69) is 10.6 Å². The second kappa shape index (κ2) is 8.80. The van der Waals surface area contributed by atoms with E-state index in [4.69, 9.17) is 9.47 Å². The van der Waals surface area contributed by atoms with Gasteiger partial charge in [0, 0.05) is 5.69 Å². The van der Waals surface area contributed by atoms with Gasteiger partial charge in [-0.25, -0.2) is 0 Å². The molecule has 5 nitrogen and oxygen atoms in total. The molecule has 2 aromatic rings. The fraction of sp³-hybridized carbons (Fsp3) is 0.278. The molecule has 0 spiro atoms. The highest BCUT2D eigenvalue weighted by atomic mass is 16.5. The predicted molar refractivity (Wildman–Crippen MR) is 91.2 cm³/mol. The molecule has 0 bridgehead atoms. The molecular weight excluding hydrogens is 292 g/mol. The first-order valence-electron chi connectivity index (χ1n) is 7.49. The molecule has 2 aromatic carbocycles. The van der Waals surface area contributed by atoms with Crippen LogP contribution in [0.2, 0.25) is 0 Å². The molecule has 0 heterocycles. The third-order valence-corrected chi connectivity index (χ3v) is 3.38. The van der Waals surface area contributed by atoms with E-state index in [0.29, 0.717) is 0 Å². The molecule has 0 aromatic heterocycles. The normalized spacial score (nSPS) is 10.2. The fourth-order valence-electron chi connectivity index (χ4n) is 2.14. The SMILES string of the molecule is COc1ccc(NC(=O)CNCCc2cccc(OC)c2)cc1. The van der Waals surface area contributed by atoms with Gasteiger partial charge in [0.25, 0.3) is 0 Å². The molecule has 0 aliphatic carbocycles. The number of hydrogen-bond acceptors (Lipinski definition) is 4. The van der Waals surface area contributed by atoms with Gasteiger partial charge in [-0.05, 0) is 54.9 Å². The van der Waals surface area contributed by atoms with Gasteiger partial charge in [-0.15, -0.1) is 0 Å². The summed E-state index contributed by atoms with van der Waals surface area (Å²) in [5.41, 5.74) is 1.93. The van der Waals surface area contributed by atoms with Crippen LogP contribution in [0.25, 0.3) is 0 Å². The lowest BCUT2D eigenvalue weighted by molar-refractivity contribution is -0.115. The smallest absolute Gasteiger partial charge is 0.238 e. The van der Waals surface area contributed by atoms with Crippen molar-refractivity contribution in [2.45, 2.75) is 6.42 Å².